The molecule has 20 heavy (non-hydrogen) atoms. The number of rotatable bonds is 5. The normalized spacial score (nSPS) is 19.1. The molecule has 0 aliphatic heterocycles. The molecule has 2 atom stereocenters. The minimum Gasteiger partial charge on any atom is -0.479 e. The molecule has 1 aliphatic rings. The van der Waals surface area contributed by atoms with Crippen LogP contribution in [-0.4, -0.2) is 25.7 Å². The summed E-state index contributed by atoms with van der Waals surface area (Å²) >= 11 is 0. The Bertz CT molecular complexity index is 473. The minimum absolute atomic E-state index is 0.321. The largest absolute Gasteiger partial charge is 0.479 e. The highest BCUT2D eigenvalue weighted by Gasteiger charge is 2.20. The van der Waals surface area contributed by atoms with Gasteiger partial charge in [0.05, 0.1) is 6.61 Å². The van der Waals surface area contributed by atoms with Gasteiger partial charge in [-0.15, -0.1) is 0 Å². The highest BCUT2D eigenvalue weighted by atomic mass is 16.6. The van der Waals surface area contributed by atoms with Crippen LogP contribution in [0.25, 0.3) is 0 Å². The quantitative estimate of drug-likeness (QED) is 0.840. The molecule has 1 aromatic rings. The summed E-state index contributed by atoms with van der Waals surface area (Å²) in [6, 6.07) is 6.51. The predicted octanol–water partition coefficient (Wildman–Crippen LogP) is 2.61. The standard InChI is InChI=1S/C16H23NO3/c1-4-19-16(18)11(2)20-13-8-9-14-12(10-13)6-5-7-15(14)17-3/h8-11,15,17H,4-7H2,1-3H3. The van der Waals surface area contributed by atoms with E-state index in [4.69, 9.17) is 9.47 Å². The van der Waals surface area contributed by atoms with E-state index in [2.05, 4.69) is 17.4 Å². The van der Waals surface area contributed by atoms with Gasteiger partial charge in [0.25, 0.3) is 0 Å². The van der Waals surface area contributed by atoms with Crippen LogP contribution in [0.15, 0.2) is 18.2 Å². The van der Waals surface area contributed by atoms with E-state index < -0.39 is 6.10 Å². The smallest absolute Gasteiger partial charge is 0.347 e. The zero-order valence-electron chi connectivity index (χ0n) is 12.4. The van der Waals surface area contributed by atoms with Gasteiger partial charge in [-0.2, -0.15) is 0 Å². The van der Waals surface area contributed by atoms with Gasteiger partial charge in [0.15, 0.2) is 6.10 Å². The highest BCUT2D eigenvalue weighted by molar-refractivity contribution is 5.74. The summed E-state index contributed by atoms with van der Waals surface area (Å²) in [4.78, 5) is 11.6. The minimum atomic E-state index is -0.573. The molecule has 0 aromatic heterocycles. The molecule has 0 saturated heterocycles. The van der Waals surface area contributed by atoms with Crippen LogP contribution in [0, 0.1) is 0 Å². The highest BCUT2D eigenvalue weighted by Crippen LogP contribution is 2.32. The van der Waals surface area contributed by atoms with E-state index in [0.29, 0.717) is 12.6 Å². The van der Waals surface area contributed by atoms with Gasteiger partial charge < -0.3 is 14.8 Å². The number of carbonyl (C=O) groups excluding carboxylic acids is 1. The Balaban J connectivity index is 2.09. The van der Waals surface area contributed by atoms with Crippen molar-refractivity contribution in [1.29, 1.82) is 0 Å². The van der Waals surface area contributed by atoms with Gasteiger partial charge >= 0.3 is 5.97 Å². The Morgan fingerprint density at radius 2 is 2.30 bits per heavy atom. The third kappa shape index (κ3) is 3.31. The number of hydrogen-bond donors (Lipinski definition) is 1. The van der Waals surface area contributed by atoms with Crippen LogP contribution < -0.4 is 10.1 Å². The maximum atomic E-state index is 11.6. The number of nitrogens with one attached hydrogen (secondary N) is 1. The number of aryl methyl sites for hydroxylation is 1. The second kappa shape index (κ2) is 6.75. The van der Waals surface area contributed by atoms with E-state index >= 15 is 0 Å². The lowest BCUT2D eigenvalue weighted by Crippen LogP contribution is -2.26. The number of carbonyl (C=O) groups is 1. The first-order chi connectivity index (χ1) is 9.65. The van der Waals surface area contributed by atoms with E-state index in [0.717, 1.165) is 12.2 Å². The summed E-state index contributed by atoms with van der Waals surface area (Å²) in [5.41, 5.74) is 2.65. The summed E-state index contributed by atoms with van der Waals surface area (Å²) in [5.74, 6) is 0.416. The Morgan fingerprint density at radius 1 is 1.50 bits per heavy atom. The number of esters is 1. The lowest BCUT2D eigenvalue weighted by molar-refractivity contribution is -0.150. The molecule has 0 radical (unpaired) electrons. The van der Waals surface area contributed by atoms with Gasteiger partial charge in [-0.1, -0.05) is 6.07 Å². The van der Waals surface area contributed by atoms with E-state index in [9.17, 15) is 4.79 Å². The molecule has 0 spiro atoms. The first-order valence-electron chi connectivity index (χ1n) is 7.29. The third-order valence-electron chi connectivity index (χ3n) is 3.71. The van der Waals surface area contributed by atoms with E-state index in [1.165, 1.54) is 24.0 Å². The molecule has 1 aliphatic carbocycles. The zero-order valence-corrected chi connectivity index (χ0v) is 12.4. The predicted molar refractivity (Wildman–Crippen MR) is 77.9 cm³/mol. The fourth-order valence-electron chi connectivity index (χ4n) is 2.68. The molecule has 0 fully saturated rings. The fourth-order valence-corrected chi connectivity index (χ4v) is 2.68. The molecule has 4 nitrogen and oxygen atoms in total. The maximum Gasteiger partial charge on any atom is 0.347 e. The van der Waals surface area contributed by atoms with Gasteiger partial charge in [-0.25, -0.2) is 4.79 Å². The van der Waals surface area contributed by atoms with Crippen molar-refractivity contribution in [3.05, 3.63) is 29.3 Å². The molecule has 1 N–H and O–H groups in total. The van der Waals surface area contributed by atoms with E-state index in [-0.39, 0.29) is 5.97 Å². The van der Waals surface area contributed by atoms with Gasteiger partial charge in [0.1, 0.15) is 5.75 Å². The lowest BCUT2D eigenvalue weighted by atomic mass is 9.87. The van der Waals surface area contributed by atoms with Crippen LogP contribution in [0.1, 0.15) is 43.9 Å². The van der Waals surface area contributed by atoms with Crippen LogP contribution in [0.3, 0.4) is 0 Å². The van der Waals surface area contributed by atoms with Gasteiger partial charge in [-0.05, 0) is 63.4 Å². The summed E-state index contributed by atoms with van der Waals surface area (Å²) in [6.45, 7) is 3.88. The average Bonchev–Trinajstić information content (AvgIpc) is 2.46. The average molecular weight is 277 g/mol. The molecule has 0 saturated carbocycles. The van der Waals surface area contributed by atoms with Crippen molar-refractivity contribution < 1.29 is 14.3 Å². The summed E-state index contributed by atoms with van der Waals surface area (Å²) in [7, 11) is 1.99. The Kier molecular flexibility index (Phi) is 5.01. The molecule has 2 rings (SSSR count). The maximum absolute atomic E-state index is 11.6. The molecule has 0 heterocycles. The van der Waals surface area contributed by atoms with Crippen molar-refractivity contribution in [1.82, 2.24) is 5.32 Å². The van der Waals surface area contributed by atoms with Gasteiger partial charge in [-0.3, -0.25) is 0 Å². The van der Waals surface area contributed by atoms with Crippen molar-refractivity contribution in [2.24, 2.45) is 0 Å². The molecular weight excluding hydrogens is 254 g/mol. The second-order valence-corrected chi connectivity index (χ2v) is 5.11. The number of fused-ring (bicyclic) bond motifs is 1. The van der Waals surface area contributed by atoms with Crippen molar-refractivity contribution in [3.8, 4) is 5.75 Å². The number of ether oxygens (including phenoxy) is 2. The first-order valence-corrected chi connectivity index (χ1v) is 7.29. The summed E-state index contributed by atoms with van der Waals surface area (Å²) < 4.78 is 10.6. The number of hydrogen-bond acceptors (Lipinski definition) is 4. The van der Waals surface area contributed by atoms with Crippen LogP contribution in [0.2, 0.25) is 0 Å². The van der Waals surface area contributed by atoms with Crippen LogP contribution in [0.4, 0.5) is 0 Å². The molecule has 110 valence electrons. The van der Waals surface area contributed by atoms with Gasteiger partial charge in [0, 0.05) is 6.04 Å². The van der Waals surface area contributed by atoms with Crippen LogP contribution in [0.5, 0.6) is 5.75 Å². The Morgan fingerprint density at radius 3 is 3.00 bits per heavy atom. The Labute approximate surface area is 120 Å². The third-order valence-corrected chi connectivity index (χ3v) is 3.71. The number of benzene rings is 1. The van der Waals surface area contributed by atoms with Crippen LogP contribution >= 0.6 is 0 Å². The molecule has 4 heteroatoms. The van der Waals surface area contributed by atoms with Crippen molar-refractivity contribution in [3.63, 3.8) is 0 Å². The van der Waals surface area contributed by atoms with Crippen molar-refractivity contribution in [2.75, 3.05) is 13.7 Å². The summed E-state index contributed by atoms with van der Waals surface area (Å²) in [6.07, 6.45) is 2.84. The topological polar surface area (TPSA) is 47.6 Å². The zero-order chi connectivity index (χ0) is 14.5. The fraction of sp³-hybridized carbons (Fsp3) is 0.562. The van der Waals surface area contributed by atoms with E-state index in [1.807, 2.05) is 13.1 Å². The summed E-state index contributed by atoms with van der Waals surface area (Å²) in [5, 5.41) is 3.34. The molecule has 2 unspecified atom stereocenters. The monoisotopic (exact) mass is 277 g/mol. The molecule has 0 amide bonds. The van der Waals surface area contributed by atoms with E-state index in [1.54, 1.807) is 13.8 Å². The SMILES string of the molecule is CCOC(=O)C(C)Oc1ccc2c(c1)CCCC2NC. The van der Waals surface area contributed by atoms with Crippen molar-refractivity contribution >= 4 is 5.97 Å². The van der Waals surface area contributed by atoms with Crippen LogP contribution in [-0.2, 0) is 16.0 Å². The first kappa shape index (κ1) is 14.9. The molecule has 0 bridgehead atoms. The molecule has 1 aromatic carbocycles. The second-order valence-electron chi connectivity index (χ2n) is 5.11. The van der Waals surface area contributed by atoms with Gasteiger partial charge in [0.2, 0.25) is 0 Å². The lowest BCUT2D eigenvalue weighted by Gasteiger charge is -2.26. The Hall–Kier alpha value is -1.55. The molecular formula is C16H23NO3. The van der Waals surface area contributed by atoms with Crippen molar-refractivity contribution in [2.45, 2.75) is 45.3 Å².